The van der Waals surface area contributed by atoms with Crippen LogP contribution in [0.25, 0.3) is 0 Å². The Balaban J connectivity index is 3.63. The van der Waals surface area contributed by atoms with Crippen molar-refractivity contribution in [3.63, 3.8) is 0 Å². The van der Waals surface area contributed by atoms with Crippen LogP contribution in [0.1, 0.15) is 207 Å². The first-order valence-electron chi connectivity index (χ1n) is 19.9. The second-order valence-corrected chi connectivity index (χ2v) is 13.6. The molecule has 1 N–H and O–H groups in total. The molecule has 0 aliphatic rings. The quantitative estimate of drug-likeness (QED) is 0.0429. The van der Waals surface area contributed by atoms with E-state index in [1.165, 1.54) is 148 Å². The number of carbonyl (C=O) groups is 1. The van der Waals surface area contributed by atoms with E-state index in [1.807, 2.05) is 6.08 Å². The summed E-state index contributed by atoms with van der Waals surface area (Å²) in [6, 6.07) is 0. The van der Waals surface area contributed by atoms with Crippen molar-refractivity contribution in [2.75, 3.05) is 26.2 Å². The molecule has 262 valence electrons. The molecule has 0 aliphatic heterocycles. The molecule has 0 bridgehead atoms. The molecule has 0 amide bonds. The van der Waals surface area contributed by atoms with E-state index in [9.17, 15) is 9.90 Å². The van der Waals surface area contributed by atoms with Gasteiger partial charge in [0.25, 0.3) is 0 Å². The number of esters is 1. The fourth-order valence-corrected chi connectivity index (χ4v) is 6.17. The van der Waals surface area contributed by atoms with E-state index in [0.717, 1.165) is 58.2 Å². The largest absolute Gasteiger partial charge is 0.463 e. The maximum absolute atomic E-state index is 12.0. The smallest absolute Gasteiger partial charge is 0.330 e. The molecule has 44 heavy (non-hydrogen) atoms. The van der Waals surface area contributed by atoms with Gasteiger partial charge in [0.2, 0.25) is 0 Å². The Hall–Kier alpha value is -0.870. The lowest BCUT2D eigenvalue weighted by molar-refractivity contribution is -0.137. The summed E-state index contributed by atoms with van der Waals surface area (Å²) in [5.74, 6) is -0.221. The van der Waals surface area contributed by atoms with Crippen LogP contribution in [0.4, 0.5) is 0 Å². The summed E-state index contributed by atoms with van der Waals surface area (Å²) in [6.07, 6.45) is 40.6. The zero-order valence-corrected chi connectivity index (χ0v) is 30.3. The number of rotatable bonds is 36. The van der Waals surface area contributed by atoms with Gasteiger partial charge < -0.3 is 14.7 Å². The molecule has 0 saturated carbocycles. The minimum Gasteiger partial charge on any atom is -0.463 e. The van der Waals surface area contributed by atoms with Gasteiger partial charge in [0, 0.05) is 12.6 Å². The molecule has 4 nitrogen and oxygen atoms in total. The number of aliphatic hydroxyl groups is 1. The van der Waals surface area contributed by atoms with Crippen LogP contribution in [0.3, 0.4) is 0 Å². The molecule has 0 aromatic heterocycles. The molecule has 4 heteroatoms. The van der Waals surface area contributed by atoms with Crippen LogP contribution in [-0.2, 0) is 9.53 Å². The standard InChI is InChI=1S/C40H79NO3/c1-4-7-9-11-13-15-17-19-21-23-25-27-32-37-44-40(43)34-30-28-29-33-39(42)38-41(35-6-3)36-31-26-24-22-20-18-16-14-12-10-8-5-2/h30,34,39,42H,4-29,31-33,35-38H2,1-3H3/b34-30+. The van der Waals surface area contributed by atoms with Gasteiger partial charge in [0.1, 0.15) is 0 Å². The third kappa shape index (κ3) is 34.0. The highest BCUT2D eigenvalue weighted by Crippen LogP contribution is 2.14. The third-order valence-electron chi connectivity index (χ3n) is 8.99. The van der Waals surface area contributed by atoms with Crippen molar-refractivity contribution in [1.82, 2.24) is 4.90 Å². The summed E-state index contributed by atoms with van der Waals surface area (Å²) in [7, 11) is 0. The van der Waals surface area contributed by atoms with Crippen molar-refractivity contribution >= 4 is 5.97 Å². The Morgan fingerprint density at radius 2 is 1.00 bits per heavy atom. The number of nitrogens with zero attached hydrogens (tertiary/aromatic N) is 1. The van der Waals surface area contributed by atoms with Gasteiger partial charge in [-0.1, -0.05) is 175 Å². The van der Waals surface area contributed by atoms with Gasteiger partial charge in [-0.05, 0) is 51.6 Å². The molecular formula is C40H79NO3. The Labute approximate surface area is 276 Å². The number of unbranched alkanes of at least 4 members (excludes halogenated alkanes) is 24. The van der Waals surface area contributed by atoms with Crippen molar-refractivity contribution in [3.8, 4) is 0 Å². The molecule has 0 rings (SSSR count). The normalized spacial score (nSPS) is 12.5. The number of aliphatic hydroxyl groups excluding tert-OH is 1. The van der Waals surface area contributed by atoms with Crippen LogP contribution >= 0.6 is 0 Å². The van der Waals surface area contributed by atoms with E-state index in [4.69, 9.17) is 4.74 Å². The van der Waals surface area contributed by atoms with Crippen molar-refractivity contribution in [3.05, 3.63) is 12.2 Å². The summed E-state index contributed by atoms with van der Waals surface area (Å²) in [6.45, 7) is 10.3. The maximum Gasteiger partial charge on any atom is 0.330 e. The van der Waals surface area contributed by atoms with Gasteiger partial charge in [-0.2, -0.15) is 0 Å². The van der Waals surface area contributed by atoms with E-state index in [2.05, 4.69) is 25.7 Å². The van der Waals surface area contributed by atoms with Crippen molar-refractivity contribution < 1.29 is 14.6 Å². The molecule has 0 aliphatic carbocycles. The van der Waals surface area contributed by atoms with E-state index in [-0.39, 0.29) is 12.1 Å². The van der Waals surface area contributed by atoms with Gasteiger partial charge in [-0.25, -0.2) is 4.79 Å². The number of hydrogen-bond donors (Lipinski definition) is 1. The number of ether oxygens (including phenoxy) is 1. The zero-order valence-electron chi connectivity index (χ0n) is 30.3. The second-order valence-electron chi connectivity index (χ2n) is 13.6. The molecule has 0 radical (unpaired) electrons. The van der Waals surface area contributed by atoms with Crippen LogP contribution in [0.2, 0.25) is 0 Å². The monoisotopic (exact) mass is 622 g/mol. The third-order valence-corrected chi connectivity index (χ3v) is 8.99. The molecule has 1 atom stereocenters. The van der Waals surface area contributed by atoms with Gasteiger partial charge in [0.15, 0.2) is 0 Å². The lowest BCUT2D eigenvalue weighted by atomic mass is 10.0. The Bertz CT molecular complexity index is 593. The van der Waals surface area contributed by atoms with Crippen LogP contribution in [0, 0.1) is 0 Å². The predicted octanol–water partition coefficient (Wildman–Crippen LogP) is 12.1. The van der Waals surface area contributed by atoms with Crippen molar-refractivity contribution in [2.24, 2.45) is 0 Å². The van der Waals surface area contributed by atoms with Crippen LogP contribution in [0.5, 0.6) is 0 Å². The summed E-state index contributed by atoms with van der Waals surface area (Å²) in [5, 5.41) is 10.6. The van der Waals surface area contributed by atoms with Gasteiger partial charge in [0.05, 0.1) is 12.7 Å². The molecule has 0 fully saturated rings. The minimum atomic E-state index is -0.283. The lowest BCUT2D eigenvalue weighted by Crippen LogP contribution is -2.34. The van der Waals surface area contributed by atoms with Gasteiger partial charge in [-0.3, -0.25) is 0 Å². The summed E-state index contributed by atoms with van der Waals surface area (Å²) < 4.78 is 5.36. The first kappa shape index (κ1) is 43.1. The van der Waals surface area contributed by atoms with Crippen LogP contribution < -0.4 is 0 Å². The Morgan fingerprint density at radius 3 is 1.45 bits per heavy atom. The molecule has 0 spiro atoms. The first-order chi connectivity index (χ1) is 21.6. The van der Waals surface area contributed by atoms with Crippen molar-refractivity contribution in [2.45, 2.75) is 213 Å². The molecule has 0 aromatic rings. The Morgan fingerprint density at radius 1 is 0.568 bits per heavy atom. The zero-order chi connectivity index (χ0) is 32.2. The number of carbonyl (C=O) groups excluding carboxylic acids is 1. The average molecular weight is 622 g/mol. The van der Waals surface area contributed by atoms with Gasteiger partial charge >= 0.3 is 5.97 Å². The van der Waals surface area contributed by atoms with Crippen molar-refractivity contribution in [1.29, 1.82) is 0 Å². The highest BCUT2D eigenvalue weighted by molar-refractivity contribution is 5.81. The number of allylic oxidation sites excluding steroid dienone is 1. The highest BCUT2D eigenvalue weighted by Gasteiger charge is 2.11. The van der Waals surface area contributed by atoms with E-state index < -0.39 is 0 Å². The predicted molar refractivity (Wildman–Crippen MR) is 193 cm³/mol. The Kier molecular flexibility index (Phi) is 35.9. The second kappa shape index (κ2) is 36.6. The van der Waals surface area contributed by atoms with E-state index in [1.54, 1.807) is 6.08 Å². The SMILES string of the molecule is CCCCCCCCCCCCCCCOC(=O)/C=C/CCCC(O)CN(CCC)CCCCCCCCCCCCCC. The summed E-state index contributed by atoms with van der Waals surface area (Å²) in [5.41, 5.74) is 0. The molecule has 0 heterocycles. The lowest BCUT2D eigenvalue weighted by Gasteiger charge is -2.24. The fraction of sp³-hybridized carbons (Fsp3) is 0.925. The summed E-state index contributed by atoms with van der Waals surface area (Å²) >= 11 is 0. The average Bonchev–Trinajstić information content (AvgIpc) is 3.01. The fourth-order valence-electron chi connectivity index (χ4n) is 6.17. The summed E-state index contributed by atoms with van der Waals surface area (Å²) in [4.78, 5) is 14.4. The first-order valence-corrected chi connectivity index (χ1v) is 19.9. The van der Waals surface area contributed by atoms with E-state index in [0.29, 0.717) is 6.61 Å². The molecule has 1 unspecified atom stereocenters. The van der Waals surface area contributed by atoms with Gasteiger partial charge in [-0.15, -0.1) is 0 Å². The molecular weight excluding hydrogens is 542 g/mol. The number of hydrogen-bond acceptors (Lipinski definition) is 4. The topological polar surface area (TPSA) is 49.8 Å². The van der Waals surface area contributed by atoms with E-state index >= 15 is 0 Å². The molecule has 0 saturated heterocycles. The van der Waals surface area contributed by atoms with Crippen LogP contribution in [-0.4, -0.2) is 48.3 Å². The van der Waals surface area contributed by atoms with Crippen LogP contribution in [0.15, 0.2) is 12.2 Å². The maximum atomic E-state index is 12.0. The molecule has 0 aromatic carbocycles. The highest BCUT2D eigenvalue weighted by atomic mass is 16.5. The minimum absolute atomic E-state index is 0.221.